The average Bonchev–Trinajstić information content (AvgIpc) is 3.37. The molecule has 1 atom stereocenters. The second kappa shape index (κ2) is 14.1. The van der Waals surface area contributed by atoms with Crippen LogP contribution in [0.2, 0.25) is 0 Å². The van der Waals surface area contributed by atoms with Gasteiger partial charge in [0, 0.05) is 37.4 Å². The number of ether oxygens (including phenoxy) is 1. The number of rotatable bonds is 9. The molecule has 4 aromatic rings. The Balaban J connectivity index is 0.00000180. The Bertz CT molecular complexity index is 1130. The van der Waals surface area contributed by atoms with Crippen molar-refractivity contribution in [3.05, 3.63) is 107 Å². The lowest BCUT2D eigenvalue weighted by atomic mass is 9.96. The molecule has 0 saturated carbocycles. The molecule has 4 nitrogen and oxygen atoms in total. The summed E-state index contributed by atoms with van der Waals surface area (Å²) >= 11 is 1.72. The number of aliphatic hydroxyl groups is 1. The van der Waals surface area contributed by atoms with E-state index in [4.69, 9.17) is 4.74 Å². The van der Waals surface area contributed by atoms with E-state index in [2.05, 4.69) is 94.0 Å². The van der Waals surface area contributed by atoms with Gasteiger partial charge in [0.1, 0.15) is 6.10 Å². The van der Waals surface area contributed by atoms with Crippen molar-refractivity contribution in [3.63, 3.8) is 0 Å². The summed E-state index contributed by atoms with van der Waals surface area (Å²) in [6.07, 6.45) is -0.585. The van der Waals surface area contributed by atoms with Crippen molar-refractivity contribution in [2.24, 2.45) is 0 Å². The lowest BCUT2D eigenvalue weighted by Gasteiger charge is -2.39. The van der Waals surface area contributed by atoms with Crippen molar-refractivity contribution in [1.82, 2.24) is 9.80 Å². The summed E-state index contributed by atoms with van der Waals surface area (Å²) in [7, 11) is 0. The van der Waals surface area contributed by atoms with Crippen molar-refractivity contribution in [2.75, 3.05) is 45.9 Å². The number of piperazine rings is 1. The van der Waals surface area contributed by atoms with Crippen molar-refractivity contribution in [1.29, 1.82) is 0 Å². The largest absolute Gasteiger partial charge is 0.386 e. The zero-order valence-electron chi connectivity index (χ0n) is 20.2. The molecule has 1 unspecified atom stereocenters. The zero-order chi connectivity index (χ0) is 23.2. The summed E-state index contributed by atoms with van der Waals surface area (Å²) in [5.41, 5.74) is 3.62. The molecule has 1 N–H and O–H groups in total. The minimum absolute atomic E-state index is 0. The van der Waals surface area contributed by atoms with Crippen LogP contribution in [0.1, 0.15) is 28.8 Å². The van der Waals surface area contributed by atoms with Gasteiger partial charge in [-0.05, 0) is 45.7 Å². The second-order valence-corrected chi connectivity index (χ2v) is 9.86. The lowest BCUT2D eigenvalue weighted by molar-refractivity contribution is 0.0183. The normalized spacial score (nSPS) is 15.4. The van der Waals surface area contributed by atoms with E-state index in [1.54, 1.807) is 11.3 Å². The van der Waals surface area contributed by atoms with Gasteiger partial charge in [-0.3, -0.25) is 9.80 Å². The third kappa shape index (κ3) is 7.08. The molecule has 36 heavy (non-hydrogen) atoms. The van der Waals surface area contributed by atoms with Crippen molar-refractivity contribution in [3.8, 4) is 0 Å². The lowest BCUT2D eigenvalue weighted by Crippen LogP contribution is -2.48. The second-order valence-electron chi connectivity index (χ2n) is 8.91. The molecule has 1 aromatic heterocycles. The molecule has 3 aromatic carbocycles. The summed E-state index contributed by atoms with van der Waals surface area (Å²) in [6, 6.07) is 30.2. The van der Waals surface area contributed by atoms with Gasteiger partial charge in [0.05, 0.1) is 19.3 Å². The predicted molar refractivity (Wildman–Crippen MR) is 155 cm³/mol. The van der Waals surface area contributed by atoms with E-state index in [9.17, 15) is 5.11 Å². The van der Waals surface area contributed by atoms with E-state index in [0.29, 0.717) is 13.2 Å². The summed E-state index contributed by atoms with van der Waals surface area (Å²) in [6.45, 7) is 5.97. The molecule has 7 heteroatoms. The van der Waals surface area contributed by atoms with Gasteiger partial charge < -0.3 is 9.84 Å². The van der Waals surface area contributed by atoms with E-state index in [1.807, 2.05) is 6.07 Å². The molecule has 1 saturated heterocycles. The molecule has 192 valence electrons. The van der Waals surface area contributed by atoms with Gasteiger partial charge in [-0.2, -0.15) is 0 Å². The molecule has 0 spiro atoms. The number of thiophene rings is 1. The Hall–Kier alpha value is -1.96. The van der Waals surface area contributed by atoms with Gasteiger partial charge in [0.2, 0.25) is 0 Å². The van der Waals surface area contributed by atoms with Crippen LogP contribution in [-0.4, -0.2) is 60.8 Å². The molecule has 0 bridgehead atoms. The molecule has 0 aliphatic carbocycles. The Morgan fingerprint density at radius 1 is 0.778 bits per heavy atom. The van der Waals surface area contributed by atoms with Crippen LogP contribution in [0, 0.1) is 0 Å². The van der Waals surface area contributed by atoms with Gasteiger partial charge in [-0.15, -0.1) is 36.2 Å². The first-order chi connectivity index (χ1) is 16.8. The van der Waals surface area contributed by atoms with Crippen LogP contribution in [-0.2, 0) is 4.74 Å². The molecule has 1 aliphatic heterocycles. The Morgan fingerprint density at radius 2 is 1.42 bits per heavy atom. The van der Waals surface area contributed by atoms with E-state index in [-0.39, 0.29) is 30.9 Å². The number of aliphatic hydroxyl groups excluding tert-OH is 1. The van der Waals surface area contributed by atoms with Gasteiger partial charge in [0.25, 0.3) is 0 Å². The standard InChI is InChI=1S/C29H32N2O2S.2ClH/c32-27(25-11-12-28-26(21-25)13-20-34-28)22-33-19-18-30-14-16-31(17-15-30)29(23-7-3-1-4-8-23)24-9-5-2-6-10-24;;/h1-13,20-21,27,29,32H,14-19,22H2;2*1H. The SMILES string of the molecule is Cl.Cl.OC(COCCN1CCN(C(c2ccccc2)c2ccccc2)CC1)c1ccc2sccc2c1. The highest BCUT2D eigenvalue weighted by atomic mass is 35.5. The molecule has 0 amide bonds. The van der Waals surface area contributed by atoms with Crippen LogP contribution in [0.5, 0.6) is 0 Å². The summed E-state index contributed by atoms with van der Waals surface area (Å²) in [4.78, 5) is 5.06. The van der Waals surface area contributed by atoms with Crippen molar-refractivity contribution < 1.29 is 9.84 Å². The molecular weight excluding hydrogens is 511 g/mol. The third-order valence-electron chi connectivity index (χ3n) is 6.69. The Kier molecular flexibility index (Phi) is 11.2. The zero-order valence-corrected chi connectivity index (χ0v) is 22.7. The molecule has 1 aliphatic rings. The fourth-order valence-corrected chi connectivity index (χ4v) is 5.58. The van der Waals surface area contributed by atoms with Gasteiger partial charge in [-0.1, -0.05) is 66.7 Å². The predicted octanol–water partition coefficient (Wildman–Crippen LogP) is 6.20. The highest BCUT2D eigenvalue weighted by Crippen LogP contribution is 2.29. The highest BCUT2D eigenvalue weighted by Gasteiger charge is 2.26. The molecule has 0 radical (unpaired) electrons. The Morgan fingerprint density at radius 3 is 2.06 bits per heavy atom. The van der Waals surface area contributed by atoms with Crippen LogP contribution < -0.4 is 0 Å². The third-order valence-corrected chi connectivity index (χ3v) is 7.59. The average molecular weight is 546 g/mol. The van der Waals surface area contributed by atoms with Crippen molar-refractivity contribution in [2.45, 2.75) is 12.1 Å². The maximum Gasteiger partial charge on any atom is 0.102 e. The summed E-state index contributed by atoms with van der Waals surface area (Å²) in [5.74, 6) is 0. The first-order valence-electron chi connectivity index (χ1n) is 12.1. The van der Waals surface area contributed by atoms with Gasteiger partial charge in [-0.25, -0.2) is 0 Å². The highest BCUT2D eigenvalue weighted by molar-refractivity contribution is 7.17. The van der Waals surface area contributed by atoms with Crippen molar-refractivity contribution >= 4 is 46.2 Å². The van der Waals surface area contributed by atoms with E-state index >= 15 is 0 Å². The number of nitrogens with zero attached hydrogens (tertiary/aromatic N) is 2. The molecule has 1 fully saturated rings. The fraction of sp³-hybridized carbons (Fsp3) is 0.310. The monoisotopic (exact) mass is 544 g/mol. The maximum absolute atomic E-state index is 10.5. The van der Waals surface area contributed by atoms with E-state index in [1.165, 1.54) is 21.2 Å². The first kappa shape index (κ1) is 28.6. The number of fused-ring (bicyclic) bond motifs is 1. The molecular formula is C29H34Cl2N2O2S. The van der Waals surface area contributed by atoms with Crippen LogP contribution in [0.25, 0.3) is 10.1 Å². The van der Waals surface area contributed by atoms with E-state index in [0.717, 1.165) is 38.3 Å². The van der Waals surface area contributed by atoms with E-state index < -0.39 is 6.10 Å². The molecule has 5 rings (SSSR count). The van der Waals surface area contributed by atoms with Crippen LogP contribution in [0.4, 0.5) is 0 Å². The van der Waals surface area contributed by atoms with Gasteiger partial charge in [0.15, 0.2) is 0 Å². The quantitative estimate of drug-likeness (QED) is 0.254. The van der Waals surface area contributed by atoms with Gasteiger partial charge >= 0.3 is 0 Å². The number of halogens is 2. The number of benzene rings is 3. The smallest absolute Gasteiger partial charge is 0.102 e. The minimum atomic E-state index is -0.585. The fourth-order valence-electron chi connectivity index (χ4n) is 4.81. The topological polar surface area (TPSA) is 35.9 Å². The van der Waals surface area contributed by atoms with Crippen LogP contribution in [0.15, 0.2) is 90.3 Å². The maximum atomic E-state index is 10.5. The summed E-state index contributed by atoms with van der Waals surface area (Å²) in [5, 5.41) is 13.8. The Labute approximate surface area is 230 Å². The summed E-state index contributed by atoms with van der Waals surface area (Å²) < 4.78 is 7.10. The molecule has 2 heterocycles. The minimum Gasteiger partial charge on any atom is -0.386 e. The number of hydrogen-bond donors (Lipinski definition) is 1. The van der Waals surface area contributed by atoms with Crippen LogP contribution in [0.3, 0.4) is 0 Å². The number of hydrogen-bond acceptors (Lipinski definition) is 5. The first-order valence-corrected chi connectivity index (χ1v) is 13.0. The van der Waals surface area contributed by atoms with Crippen LogP contribution >= 0.6 is 36.2 Å².